The fraction of sp³-hybridized carbons (Fsp3) is 0.714. The lowest BCUT2D eigenvalue weighted by molar-refractivity contribution is -0.126. The van der Waals surface area contributed by atoms with E-state index in [4.69, 9.17) is 21.9 Å². The molecule has 15 heteroatoms. The highest BCUT2D eigenvalue weighted by atomic mass is 32.1. The number of hydroxylamine groups is 1. The Morgan fingerprint density at radius 3 is 2.50 bits per heavy atom. The Hall–Kier alpha value is -0.490. The van der Waals surface area contributed by atoms with Crippen LogP contribution in [0.4, 0.5) is 0 Å². The average Bonchev–Trinajstić information content (AvgIpc) is 2.44. The van der Waals surface area contributed by atoms with Crippen LogP contribution in [0.25, 0.3) is 0 Å². The maximum atomic E-state index is 11.5. The van der Waals surface area contributed by atoms with Gasteiger partial charge in [-0.15, -0.1) is 5.25 Å². The molecule has 12 nitrogen and oxygen atoms in total. The van der Waals surface area contributed by atoms with Crippen LogP contribution in [0, 0.1) is 11.1 Å². The third-order valence-electron chi connectivity index (χ3n) is 2.36. The van der Waals surface area contributed by atoms with Gasteiger partial charge in [-0.05, 0) is 18.6 Å². The van der Waals surface area contributed by atoms with Gasteiger partial charge < -0.3 is 30.8 Å². The zero-order chi connectivity index (χ0) is 18.3. The Morgan fingerprint density at radius 2 is 2.05 bits per heavy atom. The third-order valence-corrected chi connectivity index (χ3v) is 5.27. The summed E-state index contributed by atoms with van der Waals surface area (Å²) in [6.45, 7) is 0. The fourth-order valence-electron chi connectivity index (χ4n) is 1.30. The van der Waals surface area contributed by atoms with Crippen LogP contribution in [-0.4, -0.2) is 38.5 Å². The minimum absolute atomic E-state index is 0.170. The van der Waals surface area contributed by atoms with E-state index in [0.29, 0.717) is 17.8 Å². The van der Waals surface area contributed by atoms with Crippen LogP contribution in [-0.2, 0) is 23.0 Å². The molecule has 0 aliphatic heterocycles. The molecule has 0 saturated carbocycles. The van der Waals surface area contributed by atoms with Crippen molar-refractivity contribution >= 4 is 39.8 Å². The summed E-state index contributed by atoms with van der Waals surface area (Å²) < 4.78 is 32.8. The molecular weight excluding hydrogens is 364 g/mol. The van der Waals surface area contributed by atoms with Gasteiger partial charge in [0.15, 0.2) is 0 Å². The molecule has 0 aromatic rings. The van der Waals surface area contributed by atoms with E-state index in [0.717, 1.165) is 0 Å². The minimum Gasteiger partial charge on any atom is -0.748 e. The number of primary amides is 1. The second kappa shape index (κ2) is 8.96. The molecule has 0 aliphatic rings. The molecule has 6 N–H and O–H groups in total. The van der Waals surface area contributed by atoms with Gasteiger partial charge in [-0.2, -0.15) is 16.8 Å². The van der Waals surface area contributed by atoms with Crippen molar-refractivity contribution in [2.75, 3.05) is 5.75 Å². The molecule has 0 aliphatic carbocycles. The normalized spacial score (nSPS) is 18.6. The first-order valence-corrected chi connectivity index (χ1v) is 9.31. The van der Waals surface area contributed by atoms with Crippen molar-refractivity contribution in [2.45, 2.75) is 19.3 Å². The van der Waals surface area contributed by atoms with Gasteiger partial charge in [0.05, 0.1) is 0 Å². The molecular formula is C7H16N3O9P2S-. The van der Waals surface area contributed by atoms with Gasteiger partial charge in [-0.25, -0.2) is 9.13 Å². The van der Waals surface area contributed by atoms with Crippen LogP contribution < -0.4 is 11.0 Å². The van der Waals surface area contributed by atoms with E-state index in [2.05, 4.69) is 4.31 Å². The molecule has 0 fully saturated rings. The highest BCUT2D eigenvalue weighted by Gasteiger charge is 2.36. The van der Waals surface area contributed by atoms with Gasteiger partial charge in [-0.3, -0.25) is 9.59 Å². The average molecular weight is 382 g/mol. The SMILES string of the molecule is [3H]SCCC(CCC(=O)N([O-])P(=O)(O)OP(=O)(O)NO)C(N)=O. The van der Waals surface area contributed by atoms with Crippen LogP contribution in [0.3, 0.4) is 0 Å². The summed E-state index contributed by atoms with van der Waals surface area (Å²) in [7, 11) is -10.7. The van der Waals surface area contributed by atoms with E-state index >= 15 is 0 Å². The summed E-state index contributed by atoms with van der Waals surface area (Å²) in [6, 6.07) is 0. The van der Waals surface area contributed by atoms with Crippen molar-refractivity contribution in [3.05, 3.63) is 5.21 Å². The minimum atomic E-state index is -5.54. The number of rotatable bonds is 11. The molecule has 0 rings (SSSR count). The predicted molar refractivity (Wildman–Crippen MR) is 76.3 cm³/mol. The summed E-state index contributed by atoms with van der Waals surface area (Å²) in [4.78, 5) is 39.5. The van der Waals surface area contributed by atoms with Gasteiger partial charge >= 0.3 is 15.5 Å². The summed E-state index contributed by atoms with van der Waals surface area (Å²) in [5, 5.41) is 20.3. The molecule has 3 atom stereocenters. The molecule has 22 heavy (non-hydrogen) atoms. The maximum Gasteiger partial charge on any atom is 0.434 e. The van der Waals surface area contributed by atoms with Crippen molar-refractivity contribution in [3.63, 3.8) is 0 Å². The largest absolute Gasteiger partial charge is 0.748 e. The van der Waals surface area contributed by atoms with Gasteiger partial charge in [0.1, 0.15) is 1.12 Å². The first-order valence-electron chi connectivity index (χ1n) is 6.04. The number of hydrogen-bond donors (Lipinski definition) is 6. The van der Waals surface area contributed by atoms with E-state index in [9.17, 15) is 23.9 Å². The smallest absolute Gasteiger partial charge is 0.434 e. The lowest BCUT2D eigenvalue weighted by Gasteiger charge is -2.32. The van der Waals surface area contributed by atoms with E-state index in [1.54, 1.807) is 0 Å². The second-order valence-corrected chi connectivity index (χ2v) is 7.64. The van der Waals surface area contributed by atoms with Gasteiger partial charge in [0.2, 0.25) is 11.8 Å². The number of hydrogen-bond acceptors (Lipinski definition) is 8. The lowest BCUT2D eigenvalue weighted by atomic mass is 9.99. The first-order chi connectivity index (χ1) is 10.5. The van der Waals surface area contributed by atoms with Crippen LogP contribution in [0.15, 0.2) is 0 Å². The van der Waals surface area contributed by atoms with E-state index in [-0.39, 0.29) is 18.6 Å². The molecule has 130 valence electrons. The van der Waals surface area contributed by atoms with Crippen LogP contribution in [0.2, 0.25) is 0 Å². The van der Waals surface area contributed by atoms with Crippen molar-refractivity contribution in [2.24, 2.45) is 11.7 Å². The van der Waals surface area contributed by atoms with Gasteiger partial charge in [0.25, 0.3) is 0 Å². The first kappa shape index (κ1) is 19.6. The van der Waals surface area contributed by atoms with Crippen LogP contribution in [0.5, 0.6) is 0 Å². The maximum absolute atomic E-state index is 11.5. The summed E-state index contributed by atoms with van der Waals surface area (Å²) in [5.41, 5.74) is 5.08. The molecule has 2 amide bonds. The van der Waals surface area contributed by atoms with Gasteiger partial charge in [0, 0.05) is 12.3 Å². The topological polar surface area (TPSA) is 203 Å². The molecule has 0 heterocycles. The zero-order valence-electron chi connectivity index (χ0n) is 12.0. The zero-order valence-corrected chi connectivity index (χ0v) is 13.6. The van der Waals surface area contributed by atoms with Crippen molar-refractivity contribution in [1.29, 1.82) is 1.12 Å². The summed E-state index contributed by atoms with van der Waals surface area (Å²) in [6.07, 6.45) is -0.707. The molecule has 3 unspecified atom stereocenters. The molecule has 0 spiro atoms. The van der Waals surface area contributed by atoms with Gasteiger partial charge in [-0.1, -0.05) is 0 Å². The van der Waals surface area contributed by atoms with Crippen molar-refractivity contribution in [3.8, 4) is 0 Å². The van der Waals surface area contributed by atoms with Crippen LogP contribution in [0.1, 0.15) is 19.3 Å². The Balaban J connectivity index is 4.73. The van der Waals surface area contributed by atoms with Crippen molar-refractivity contribution < 1.29 is 38.0 Å². The van der Waals surface area contributed by atoms with E-state index < -0.39 is 44.5 Å². The van der Waals surface area contributed by atoms with Crippen molar-refractivity contribution in [1.82, 2.24) is 10.1 Å². The van der Waals surface area contributed by atoms with E-state index in [1.165, 1.54) is 0 Å². The molecule has 0 aromatic heterocycles. The predicted octanol–water partition coefficient (Wildman–Crippen LogP) is -0.289. The Kier molecular flexibility index (Phi) is 7.97. The molecule has 0 radical (unpaired) electrons. The summed E-state index contributed by atoms with van der Waals surface area (Å²) in [5.74, 6) is -2.83. The number of nitrogens with two attached hydrogens (primary N) is 1. The number of carbonyl (C=O) groups is 2. The monoisotopic (exact) mass is 382 g/mol. The highest BCUT2D eigenvalue weighted by Crippen LogP contribution is 2.58. The number of amides is 2. The number of nitrogens with zero attached hydrogens (tertiary/aromatic N) is 1. The second-order valence-electron chi connectivity index (χ2n) is 3.99. The Bertz CT molecular complexity index is 523. The summed E-state index contributed by atoms with van der Waals surface area (Å²) >= 11 is 0.692. The molecule has 0 saturated heterocycles. The standard InChI is InChI=1S/C7H16N3O9P2S/c8-7(12)5(3-4-22)1-2-6(11)10(14)21(17,18)19-20(15,16)9-13/h5,13,22H,1-4H2,(H2,8,12)(H,17,18)(H2,9,15,16)/q-1/i/hT. The number of carbonyl (C=O) groups excluding carboxylic acids is 2. The highest BCUT2D eigenvalue weighted by molar-refractivity contribution is 7.80. The number of thiol groups is 1. The lowest BCUT2D eigenvalue weighted by Crippen LogP contribution is -2.27. The third kappa shape index (κ3) is 7.18. The van der Waals surface area contributed by atoms with E-state index in [1.807, 2.05) is 0 Å². The number of nitrogens with one attached hydrogen (secondary N) is 1. The Labute approximate surface area is 131 Å². The fourth-order valence-corrected chi connectivity index (χ4v) is 3.53. The molecule has 0 bridgehead atoms. The van der Waals surface area contributed by atoms with Crippen LogP contribution >= 0.6 is 28.0 Å². The molecule has 0 aromatic carbocycles. The quantitative estimate of drug-likeness (QED) is 0.156. The Morgan fingerprint density at radius 1 is 1.45 bits per heavy atom.